The van der Waals surface area contributed by atoms with Gasteiger partial charge in [-0.1, -0.05) is 26.8 Å². The molecule has 2 heterocycles. The van der Waals surface area contributed by atoms with E-state index < -0.39 is 34.6 Å². The third-order valence-corrected chi connectivity index (χ3v) is 9.99. The van der Waals surface area contributed by atoms with E-state index in [9.17, 15) is 31.5 Å². The van der Waals surface area contributed by atoms with E-state index in [1.807, 2.05) is 12.1 Å². The maximum Gasteiger partial charge on any atom is 0.391 e. The van der Waals surface area contributed by atoms with Crippen molar-refractivity contribution in [2.24, 2.45) is 17.8 Å². The molecule has 220 valence electrons. The lowest BCUT2D eigenvalue weighted by molar-refractivity contribution is -0.184. The van der Waals surface area contributed by atoms with Gasteiger partial charge in [-0.25, -0.2) is 8.42 Å². The highest BCUT2D eigenvalue weighted by molar-refractivity contribution is 7.91. The molecule has 2 N–H and O–H groups in total. The molecule has 7 nitrogen and oxygen atoms in total. The number of nitrogens with one attached hydrogen (secondary N) is 1. The molecule has 0 radical (unpaired) electrons. The number of nitrogens with zero attached hydrogens (tertiary/aromatic N) is 2. The first kappa shape index (κ1) is 30.5. The Morgan fingerprint density at radius 1 is 1.15 bits per heavy atom. The van der Waals surface area contributed by atoms with Gasteiger partial charge in [0.05, 0.1) is 34.9 Å². The summed E-state index contributed by atoms with van der Waals surface area (Å²) in [6, 6.07) is 7.76. The van der Waals surface area contributed by atoms with Crippen molar-refractivity contribution in [2.75, 3.05) is 18.9 Å². The maximum absolute atomic E-state index is 13.1. The van der Waals surface area contributed by atoms with E-state index in [0.717, 1.165) is 17.7 Å². The number of alkyl halides is 3. The second-order valence-corrected chi connectivity index (χ2v) is 13.6. The lowest BCUT2D eigenvalue weighted by Crippen LogP contribution is -2.34. The first-order valence-corrected chi connectivity index (χ1v) is 15.5. The van der Waals surface area contributed by atoms with Gasteiger partial charge in [0.1, 0.15) is 0 Å². The van der Waals surface area contributed by atoms with Crippen molar-refractivity contribution in [1.29, 1.82) is 0 Å². The van der Waals surface area contributed by atoms with Gasteiger partial charge < -0.3 is 10.4 Å². The molecular weight excluding hydrogens is 543 g/mol. The largest absolute Gasteiger partial charge is 0.394 e. The summed E-state index contributed by atoms with van der Waals surface area (Å²) in [5.41, 5.74) is 2.92. The maximum atomic E-state index is 13.1. The Bertz CT molecular complexity index is 1290. The van der Waals surface area contributed by atoms with Crippen molar-refractivity contribution < 1.29 is 31.5 Å². The average Bonchev–Trinajstić information content (AvgIpc) is 3.28. The normalized spacial score (nSPS) is 22.8. The minimum atomic E-state index is -4.11. The summed E-state index contributed by atoms with van der Waals surface area (Å²) < 4.78 is 63.4. The van der Waals surface area contributed by atoms with Gasteiger partial charge in [0, 0.05) is 30.9 Å². The summed E-state index contributed by atoms with van der Waals surface area (Å²) in [6.45, 7) is 6.74. The molecule has 11 heteroatoms. The smallest absolute Gasteiger partial charge is 0.391 e. The standard InChI is InChI=1S/C29H38F3N3O4S/c1-4-40(38,39)23-10-12-25(33-14-23)26(17-36)34-28(37)20-7-11-24-21(13-20)16-35(27(24)18(2)3)15-19-5-8-22(9-6-19)29(30,31)32/h7,10-14,18-19,22,26-27,36H,4-6,8-9,15-17H2,1-3H3,(H,34,37)/t19?,22?,26-,27?/m1/s1. The number of benzene rings is 1. The molecular formula is C29H38F3N3O4S. The number of fused-ring (bicyclic) bond motifs is 1. The van der Waals surface area contributed by atoms with E-state index in [4.69, 9.17) is 0 Å². The number of halogens is 3. The van der Waals surface area contributed by atoms with Crippen molar-refractivity contribution in [2.45, 2.75) is 76.2 Å². The molecule has 2 aromatic rings. The van der Waals surface area contributed by atoms with Crippen LogP contribution in [0.25, 0.3) is 0 Å². The van der Waals surface area contributed by atoms with Crippen LogP contribution in [0.2, 0.25) is 0 Å². The molecule has 0 bridgehead atoms. The van der Waals surface area contributed by atoms with Crippen molar-refractivity contribution in [3.8, 4) is 0 Å². The van der Waals surface area contributed by atoms with Gasteiger partial charge in [-0.3, -0.25) is 14.7 Å². The van der Waals surface area contributed by atoms with Gasteiger partial charge in [0.2, 0.25) is 0 Å². The Morgan fingerprint density at radius 3 is 2.40 bits per heavy atom. The van der Waals surface area contributed by atoms with Crippen LogP contribution in [0.5, 0.6) is 0 Å². The molecule has 1 fully saturated rings. The second-order valence-electron chi connectivity index (χ2n) is 11.3. The number of carbonyl (C=O) groups excluding carboxylic acids is 1. The minimum absolute atomic E-state index is 0.0548. The van der Waals surface area contributed by atoms with E-state index in [1.54, 1.807) is 13.0 Å². The van der Waals surface area contributed by atoms with Crippen LogP contribution < -0.4 is 5.32 Å². The van der Waals surface area contributed by atoms with Crippen LogP contribution >= 0.6 is 0 Å². The topological polar surface area (TPSA) is 99.6 Å². The lowest BCUT2D eigenvalue weighted by Gasteiger charge is -2.35. The zero-order valence-electron chi connectivity index (χ0n) is 23.1. The van der Waals surface area contributed by atoms with Crippen LogP contribution in [0, 0.1) is 17.8 Å². The van der Waals surface area contributed by atoms with Crippen molar-refractivity contribution in [1.82, 2.24) is 15.2 Å². The fraction of sp³-hybridized carbons (Fsp3) is 0.586. The van der Waals surface area contributed by atoms with Gasteiger partial charge in [0.15, 0.2) is 9.84 Å². The van der Waals surface area contributed by atoms with Crippen molar-refractivity contribution in [3.05, 3.63) is 58.9 Å². The van der Waals surface area contributed by atoms with Crippen LogP contribution in [0.1, 0.15) is 85.7 Å². The first-order valence-electron chi connectivity index (χ1n) is 13.9. The number of aliphatic hydroxyl groups excluding tert-OH is 1. The monoisotopic (exact) mass is 581 g/mol. The molecule has 0 saturated heterocycles. The Labute approximate surface area is 234 Å². The molecule has 4 rings (SSSR count). The van der Waals surface area contributed by atoms with Gasteiger partial charge in [0.25, 0.3) is 5.91 Å². The molecule has 1 aliphatic carbocycles. The van der Waals surface area contributed by atoms with Crippen LogP contribution in [-0.2, 0) is 16.4 Å². The van der Waals surface area contributed by atoms with Crippen molar-refractivity contribution in [3.63, 3.8) is 0 Å². The van der Waals surface area contributed by atoms with Crippen LogP contribution in [0.15, 0.2) is 41.4 Å². The Kier molecular flexibility index (Phi) is 9.26. The zero-order valence-corrected chi connectivity index (χ0v) is 23.9. The molecule has 1 saturated carbocycles. The number of aromatic nitrogens is 1. The molecule has 2 aliphatic rings. The fourth-order valence-corrected chi connectivity index (χ4v) is 6.87. The number of amides is 1. The average molecular weight is 582 g/mol. The molecule has 1 aliphatic heterocycles. The Hall–Kier alpha value is -2.50. The molecule has 1 aromatic heterocycles. The van der Waals surface area contributed by atoms with Crippen LogP contribution in [0.4, 0.5) is 13.2 Å². The van der Waals surface area contributed by atoms with Crippen LogP contribution in [0.3, 0.4) is 0 Å². The quantitative estimate of drug-likeness (QED) is 0.421. The van der Waals surface area contributed by atoms with E-state index in [-0.39, 0.29) is 47.3 Å². The zero-order chi connectivity index (χ0) is 29.2. The van der Waals surface area contributed by atoms with E-state index in [1.165, 1.54) is 18.3 Å². The molecule has 0 spiro atoms. The third kappa shape index (κ3) is 6.69. The minimum Gasteiger partial charge on any atom is -0.394 e. The number of aliphatic hydroxyl groups is 1. The first-order chi connectivity index (χ1) is 18.8. The highest BCUT2D eigenvalue weighted by Gasteiger charge is 2.42. The van der Waals surface area contributed by atoms with Crippen molar-refractivity contribution >= 4 is 15.7 Å². The lowest BCUT2D eigenvalue weighted by atomic mass is 9.81. The van der Waals surface area contributed by atoms with Gasteiger partial charge in [-0.05, 0) is 72.9 Å². The van der Waals surface area contributed by atoms with Gasteiger partial charge in [-0.15, -0.1) is 0 Å². The highest BCUT2D eigenvalue weighted by Crippen LogP contribution is 2.43. The molecule has 1 amide bonds. The number of hydrogen-bond acceptors (Lipinski definition) is 6. The number of sulfone groups is 1. The SMILES string of the molecule is CCS(=O)(=O)c1ccc([C@@H](CO)NC(=O)c2ccc3c(c2)CN(CC2CCC(C(F)(F)F)CC2)C3C(C)C)nc1. The van der Waals surface area contributed by atoms with Gasteiger partial charge in [-0.2, -0.15) is 13.2 Å². The summed E-state index contributed by atoms with van der Waals surface area (Å²) >= 11 is 0. The highest BCUT2D eigenvalue weighted by atomic mass is 32.2. The van der Waals surface area contributed by atoms with Crippen LogP contribution in [-0.4, -0.2) is 54.4 Å². The number of pyridine rings is 1. The molecule has 2 atom stereocenters. The number of hydrogen-bond donors (Lipinski definition) is 2. The van der Waals surface area contributed by atoms with E-state index in [0.29, 0.717) is 30.6 Å². The summed E-state index contributed by atoms with van der Waals surface area (Å²) in [5, 5.41) is 12.7. The summed E-state index contributed by atoms with van der Waals surface area (Å²) in [6.07, 6.45) is -1.38. The Balaban J connectivity index is 1.44. The predicted octanol–water partition coefficient (Wildman–Crippen LogP) is 5.22. The molecule has 40 heavy (non-hydrogen) atoms. The second kappa shape index (κ2) is 12.2. The predicted molar refractivity (Wildman–Crippen MR) is 145 cm³/mol. The van der Waals surface area contributed by atoms with E-state index in [2.05, 4.69) is 29.0 Å². The summed E-state index contributed by atoms with van der Waals surface area (Å²) in [7, 11) is -3.41. The fourth-order valence-electron chi connectivity index (χ4n) is 6.05. The number of rotatable bonds is 9. The summed E-state index contributed by atoms with van der Waals surface area (Å²) in [5.74, 6) is -1.13. The summed E-state index contributed by atoms with van der Waals surface area (Å²) in [4.78, 5) is 19.7. The van der Waals surface area contributed by atoms with E-state index >= 15 is 0 Å². The molecule has 1 aromatic carbocycles. The van der Waals surface area contributed by atoms with Gasteiger partial charge >= 0.3 is 6.18 Å². The third-order valence-electron chi connectivity index (χ3n) is 8.27. The molecule has 1 unspecified atom stereocenters. The number of carbonyl (C=O) groups is 1. The Morgan fingerprint density at radius 2 is 1.85 bits per heavy atom.